The van der Waals surface area contributed by atoms with Gasteiger partial charge < -0.3 is 5.32 Å². The van der Waals surface area contributed by atoms with Crippen LogP contribution in [0.25, 0.3) is 6.08 Å². The Morgan fingerprint density at radius 1 is 1.05 bits per heavy atom. The zero-order valence-electron chi connectivity index (χ0n) is 13.0. The van der Waals surface area contributed by atoms with Crippen molar-refractivity contribution in [2.75, 3.05) is 0 Å². The van der Waals surface area contributed by atoms with E-state index in [-0.39, 0.29) is 5.91 Å². The lowest BCUT2D eigenvalue weighted by Crippen LogP contribution is -2.36. The van der Waals surface area contributed by atoms with Crippen LogP contribution >= 0.6 is 23.1 Å². The largest absolute Gasteiger partial charge is 0.349 e. The quantitative estimate of drug-likeness (QED) is 0.852. The molecule has 1 saturated carbocycles. The summed E-state index contributed by atoms with van der Waals surface area (Å²) in [6.45, 7) is 0. The van der Waals surface area contributed by atoms with Gasteiger partial charge in [0.05, 0.1) is 4.91 Å². The molecule has 1 aliphatic heterocycles. The van der Waals surface area contributed by atoms with Crippen LogP contribution in [0.5, 0.6) is 0 Å². The molecule has 1 N–H and O–H groups in total. The molecule has 118 valence electrons. The van der Waals surface area contributed by atoms with Crippen LogP contribution in [0.15, 0.2) is 4.91 Å². The van der Waals surface area contributed by atoms with Gasteiger partial charge in [-0.2, -0.15) is 0 Å². The average molecular weight is 334 g/mol. The van der Waals surface area contributed by atoms with E-state index in [1.807, 2.05) is 11.3 Å². The predicted octanol–water partition coefficient (Wildman–Crippen LogP) is 4.66. The van der Waals surface area contributed by atoms with Crippen molar-refractivity contribution in [1.29, 1.82) is 0 Å². The van der Waals surface area contributed by atoms with Gasteiger partial charge in [-0.05, 0) is 55.7 Å². The van der Waals surface area contributed by atoms with Gasteiger partial charge in [0.1, 0.15) is 0 Å². The third-order valence-electron chi connectivity index (χ3n) is 5.11. The molecule has 0 radical (unpaired) electrons. The molecule has 0 aromatic carbocycles. The van der Waals surface area contributed by atoms with Crippen molar-refractivity contribution in [3.05, 3.63) is 25.8 Å². The Morgan fingerprint density at radius 3 is 2.73 bits per heavy atom. The Bertz CT molecular complexity index is 611. The van der Waals surface area contributed by atoms with E-state index < -0.39 is 0 Å². The Hall–Kier alpha value is -0.740. The number of thiophene rings is 1. The highest BCUT2D eigenvalue weighted by Crippen LogP contribution is 2.42. The summed E-state index contributed by atoms with van der Waals surface area (Å²) in [4.78, 5) is 16.4. The molecule has 0 bridgehead atoms. The fraction of sp³-hybridized carbons (Fsp3) is 0.611. The lowest BCUT2D eigenvalue weighted by molar-refractivity contribution is -0.117. The first-order valence-corrected chi connectivity index (χ1v) is 10.4. The summed E-state index contributed by atoms with van der Waals surface area (Å²) in [6, 6.07) is 0.403. The normalized spacial score (nSPS) is 21.7. The van der Waals surface area contributed by atoms with Crippen molar-refractivity contribution in [1.82, 2.24) is 5.32 Å². The number of hydrogen-bond donors (Lipinski definition) is 1. The van der Waals surface area contributed by atoms with E-state index >= 15 is 0 Å². The fourth-order valence-electron chi connectivity index (χ4n) is 3.87. The third-order valence-corrected chi connectivity index (χ3v) is 7.44. The topological polar surface area (TPSA) is 29.1 Å². The fourth-order valence-corrected chi connectivity index (χ4v) is 6.41. The molecule has 0 spiro atoms. The van der Waals surface area contributed by atoms with Crippen molar-refractivity contribution >= 4 is 35.1 Å². The second-order valence-corrected chi connectivity index (χ2v) is 8.81. The van der Waals surface area contributed by atoms with Gasteiger partial charge >= 0.3 is 0 Å². The predicted molar refractivity (Wildman–Crippen MR) is 95.2 cm³/mol. The van der Waals surface area contributed by atoms with E-state index in [4.69, 9.17) is 0 Å². The van der Waals surface area contributed by atoms with Gasteiger partial charge in [-0.3, -0.25) is 4.79 Å². The van der Waals surface area contributed by atoms with Gasteiger partial charge in [0.15, 0.2) is 0 Å². The maximum atomic E-state index is 12.5. The van der Waals surface area contributed by atoms with E-state index in [9.17, 15) is 4.79 Å². The van der Waals surface area contributed by atoms with E-state index in [0.29, 0.717) is 6.04 Å². The molecule has 1 amide bonds. The van der Waals surface area contributed by atoms with E-state index in [2.05, 4.69) is 11.4 Å². The van der Waals surface area contributed by atoms with Crippen LogP contribution in [0.2, 0.25) is 0 Å². The molecule has 4 heteroatoms. The van der Waals surface area contributed by atoms with Gasteiger partial charge in [0.2, 0.25) is 0 Å². The zero-order valence-corrected chi connectivity index (χ0v) is 14.6. The van der Waals surface area contributed by atoms with Crippen molar-refractivity contribution in [2.24, 2.45) is 0 Å². The summed E-state index contributed by atoms with van der Waals surface area (Å²) < 4.78 is 0. The van der Waals surface area contributed by atoms with Crippen LogP contribution in [0, 0.1) is 0 Å². The van der Waals surface area contributed by atoms with Crippen LogP contribution in [-0.2, 0) is 23.4 Å². The molecule has 22 heavy (non-hydrogen) atoms. The summed E-state index contributed by atoms with van der Waals surface area (Å²) in [5.74, 6) is 1.15. The highest BCUT2D eigenvalue weighted by molar-refractivity contribution is 8.03. The van der Waals surface area contributed by atoms with E-state index in [1.54, 1.807) is 22.2 Å². The number of rotatable bonds is 2. The Balaban J connectivity index is 1.51. The first-order chi connectivity index (χ1) is 10.8. The maximum Gasteiger partial charge on any atom is 0.257 e. The second kappa shape index (κ2) is 6.40. The third kappa shape index (κ3) is 2.88. The molecule has 2 nitrogen and oxygen atoms in total. The monoisotopic (exact) mass is 333 g/mol. The molecule has 2 aliphatic carbocycles. The summed E-state index contributed by atoms with van der Waals surface area (Å²) in [5, 5.41) is 3.26. The van der Waals surface area contributed by atoms with Crippen LogP contribution in [-0.4, -0.2) is 11.9 Å². The maximum absolute atomic E-state index is 12.5. The molecule has 4 rings (SSSR count). The smallest absolute Gasteiger partial charge is 0.257 e. The lowest BCUT2D eigenvalue weighted by atomic mass is 9.95. The molecular weight excluding hydrogens is 310 g/mol. The number of fused-ring (bicyclic) bond motifs is 3. The van der Waals surface area contributed by atoms with Crippen LogP contribution in [0.3, 0.4) is 0 Å². The van der Waals surface area contributed by atoms with Crippen LogP contribution < -0.4 is 5.32 Å². The van der Waals surface area contributed by atoms with Gasteiger partial charge in [0.25, 0.3) is 5.91 Å². The van der Waals surface area contributed by atoms with Crippen molar-refractivity contribution in [3.8, 4) is 0 Å². The molecule has 1 fully saturated rings. The Labute approximate surface area is 140 Å². The number of hydrogen-bond acceptors (Lipinski definition) is 3. The summed E-state index contributed by atoms with van der Waals surface area (Å²) in [7, 11) is 0. The van der Waals surface area contributed by atoms with Gasteiger partial charge in [-0.15, -0.1) is 23.1 Å². The SMILES string of the molecule is O=C(NC1CCCCC1)C1=Cc2sc3c(c2CS1)CCCC3. The van der Waals surface area contributed by atoms with Crippen molar-refractivity contribution in [2.45, 2.75) is 69.6 Å². The van der Waals surface area contributed by atoms with E-state index in [0.717, 1.165) is 23.5 Å². The Morgan fingerprint density at radius 2 is 1.86 bits per heavy atom. The second-order valence-electron chi connectivity index (χ2n) is 6.66. The number of carbonyl (C=O) groups excluding carboxylic acids is 1. The summed E-state index contributed by atoms with van der Waals surface area (Å²) in [5.41, 5.74) is 3.14. The van der Waals surface area contributed by atoms with Gasteiger partial charge in [0, 0.05) is 21.5 Å². The summed E-state index contributed by atoms with van der Waals surface area (Å²) >= 11 is 3.67. The minimum Gasteiger partial charge on any atom is -0.349 e. The molecule has 3 aliphatic rings. The van der Waals surface area contributed by atoms with Crippen LogP contribution in [0.1, 0.15) is 65.8 Å². The molecule has 2 heterocycles. The molecule has 0 saturated heterocycles. The first-order valence-electron chi connectivity index (χ1n) is 8.60. The lowest BCUT2D eigenvalue weighted by Gasteiger charge is -2.24. The van der Waals surface area contributed by atoms with Crippen molar-refractivity contribution in [3.63, 3.8) is 0 Å². The number of aryl methyl sites for hydroxylation is 1. The highest BCUT2D eigenvalue weighted by Gasteiger charge is 2.26. The number of carbonyl (C=O) groups is 1. The first kappa shape index (κ1) is 14.8. The zero-order chi connectivity index (χ0) is 14.9. The van der Waals surface area contributed by atoms with Gasteiger partial charge in [-0.1, -0.05) is 19.3 Å². The molecule has 1 aromatic rings. The number of thioether (sulfide) groups is 1. The highest BCUT2D eigenvalue weighted by atomic mass is 32.2. The Kier molecular flexibility index (Phi) is 4.32. The standard InChI is InChI=1S/C18H23NOS2/c20-18(19-12-6-2-1-3-7-12)17-10-16-14(11-21-17)13-8-4-5-9-15(13)22-16/h10,12H,1-9,11H2,(H,19,20). The summed E-state index contributed by atoms with van der Waals surface area (Å²) in [6.07, 6.45) is 13.5. The average Bonchev–Trinajstić information content (AvgIpc) is 2.93. The van der Waals surface area contributed by atoms with Crippen molar-refractivity contribution < 1.29 is 4.79 Å². The number of amides is 1. The van der Waals surface area contributed by atoms with Crippen LogP contribution in [0.4, 0.5) is 0 Å². The molecule has 0 unspecified atom stereocenters. The minimum absolute atomic E-state index is 0.161. The van der Waals surface area contributed by atoms with E-state index in [1.165, 1.54) is 55.4 Å². The minimum atomic E-state index is 0.161. The van der Waals surface area contributed by atoms with Gasteiger partial charge in [-0.25, -0.2) is 0 Å². The number of nitrogens with one attached hydrogen (secondary N) is 1. The molecular formula is C18H23NOS2. The molecule has 1 aromatic heterocycles. The molecule has 0 atom stereocenters.